The van der Waals surface area contributed by atoms with E-state index in [0.29, 0.717) is 11.1 Å². The Morgan fingerprint density at radius 2 is 1.87 bits per heavy atom. The number of amides is 1. The first-order valence-corrected chi connectivity index (χ1v) is 4.21. The molecule has 0 aromatic heterocycles. The Bertz CT molecular complexity index is 394. The van der Waals surface area contributed by atoms with Crippen molar-refractivity contribution in [2.24, 2.45) is 5.73 Å². The van der Waals surface area contributed by atoms with Crippen LogP contribution < -0.4 is 5.73 Å². The largest absolute Gasteiger partial charge is 0.385 e. The molecule has 0 aliphatic carbocycles. The fourth-order valence-electron chi connectivity index (χ4n) is 1.09. The molecule has 2 atom stereocenters. The Morgan fingerprint density at radius 1 is 1.33 bits per heavy atom. The van der Waals surface area contributed by atoms with Crippen LogP contribution in [0, 0.1) is 11.3 Å². The summed E-state index contributed by atoms with van der Waals surface area (Å²) in [5, 5.41) is 27.2. The number of benzene rings is 1. The molecule has 0 saturated heterocycles. The van der Waals surface area contributed by atoms with Crippen molar-refractivity contribution in [2.45, 2.75) is 12.2 Å². The second-order valence-corrected chi connectivity index (χ2v) is 3.03. The van der Waals surface area contributed by atoms with Crippen LogP contribution in [-0.4, -0.2) is 22.2 Å². The van der Waals surface area contributed by atoms with Gasteiger partial charge in [-0.05, 0) is 17.7 Å². The molecule has 1 aromatic carbocycles. The van der Waals surface area contributed by atoms with Crippen molar-refractivity contribution in [2.75, 3.05) is 0 Å². The quantitative estimate of drug-likeness (QED) is 0.615. The first-order chi connectivity index (χ1) is 7.06. The minimum absolute atomic E-state index is 0.334. The highest BCUT2D eigenvalue weighted by molar-refractivity contribution is 5.79. The Kier molecular flexibility index (Phi) is 3.39. The van der Waals surface area contributed by atoms with Crippen LogP contribution in [0.1, 0.15) is 17.2 Å². The van der Waals surface area contributed by atoms with Gasteiger partial charge in [-0.15, -0.1) is 0 Å². The summed E-state index contributed by atoms with van der Waals surface area (Å²) in [5.74, 6) is -0.994. The summed E-state index contributed by atoms with van der Waals surface area (Å²) in [4.78, 5) is 10.6. The molecule has 0 fully saturated rings. The average molecular weight is 206 g/mol. The minimum Gasteiger partial charge on any atom is -0.385 e. The van der Waals surface area contributed by atoms with Gasteiger partial charge in [-0.1, -0.05) is 12.1 Å². The van der Waals surface area contributed by atoms with Crippen LogP contribution in [-0.2, 0) is 4.79 Å². The van der Waals surface area contributed by atoms with Crippen molar-refractivity contribution in [3.8, 4) is 6.07 Å². The number of nitriles is 1. The standard InChI is InChI=1S/C10H10N2O3/c11-5-6-1-3-7(4-2-6)8(13)9(14)10(12)15/h1-4,8-9,13-14H,(H2,12,15). The smallest absolute Gasteiger partial charge is 0.249 e. The molecule has 0 spiro atoms. The van der Waals surface area contributed by atoms with E-state index >= 15 is 0 Å². The van der Waals surface area contributed by atoms with Gasteiger partial charge in [0.2, 0.25) is 5.91 Å². The molecular weight excluding hydrogens is 196 g/mol. The van der Waals surface area contributed by atoms with Gasteiger partial charge in [0.05, 0.1) is 11.6 Å². The zero-order valence-electron chi connectivity index (χ0n) is 7.79. The van der Waals surface area contributed by atoms with E-state index in [1.54, 1.807) is 0 Å². The molecule has 1 amide bonds. The monoisotopic (exact) mass is 206 g/mol. The lowest BCUT2D eigenvalue weighted by Gasteiger charge is -2.14. The van der Waals surface area contributed by atoms with E-state index in [0.717, 1.165) is 0 Å². The van der Waals surface area contributed by atoms with Crippen LogP contribution in [0.3, 0.4) is 0 Å². The van der Waals surface area contributed by atoms with E-state index in [1.165, 1.54) is 24.3 Å². The Morgan fingerprint density at radius 3 is 2.27 bits per heavy atom. The Balaban J connectivity index is 2.88. The predicted octanol–water partition coefficient (Wildman–Crippen LogP) is -0.562. The summed E-state index contributed by atoms with van der Waals surface area (Å²) in [7, 11) is 0. The molecule has 0 saturated carbocycles. The Labute approximate surface area is 86.4 Å². The number of primary amides is 1. The maximum atomic E-state index is 10.6. The van der Waals surface area contributed by atoms with Gasteiger partial charge in [0.1, 0.15) is 6.10 Å². The molecule has 1 rings (SSSR count). The zero-order valence-corrected chi connectivity index (χ0v) is 7.79. The van der Waals surface area contributed by atoms with Crippen molar-refractivity contribution in [3.63, 3.8) is 0 Å². The van der Waals surface area contributed by atoms with Crippen molar-refractivity contribution in [1.29, 1.82) is 5.26 Å². The van der Waals surface area contributed by atoms with Gasteiger partial charge in [0.25, 0.3) is 0 Å². The highest BCUT2D eigenvalue weighted by Crippen LogP contribution is 2.17. The predicted molar refractivity (Wildman–Crippen MR) is 51.3 cm³/mol. The lowest BCUT2D eigenvalue weighted by Crippen LogP contribution is -2.33. The van der Waals surface area contributed by atoms with Crippen LogP contribution in [0.4, 0.5) is 0 Å². The molecule has 0 bridgehead atoms. The van der Waals surface area contributed by atoms with E-state index in [-0.39, 0.29) is 0 Å². The van der Waals surface area contributed by atoms with E-state index in [9.17, 15) is 15.0 Å². The van der Waals surface area contributed by atoms with Gasteiger partial charge in [-0.2, -0.15) is 5.26 Å². The summed E-state index contributed by atoms with van der Waals surface area (Å²) < 4.78 is 0. The van der Waals surface area contributed by atoms with Crippen LogP contribution >= 0.6 is 0 Å². The van der Waals surface area contributed by atoms with Crippen LogP contribution in [0.15, 0.2) is 24.3 Å². The van der Waals surface area contributed by atoms with Gasteiger partial charge < -0.3 is 15.9 Å². The Hall–Kier alpha value is -1.90. The first kappa shape index (κ1) is 11.2. The fourth-order valence-corrected chi connectivity index (χ4v) is 1.09. The summed E-state index contributed by atoms with van der Waals surface area (Å²) in [6, 6.07) is 7.77. The summed E-state index contributed by atoms with van der Waals surface area (Å²) >= 11 is 0. The minimum atomic E-state index is -1.64. The molecular formula is C10H10N2O3. The fraction of sp³-hybridized carbons (Fsp3) is 0.200. The van der Waals surface area contributed by atoms with E-state index in [4.69, 9.17) is 11.0 Å². The third-order valence-electron chi connectivity index (χ3n) is 1.97. The zero-order chi connectivity index (χ0) is 11.4. The molecule has 0 radical (unpaired) electrons. The lowest BCUT2D eigenvalue weighted by atomic mass is 10.0. The number of aliphatic hydroxyl groups excluding tert-OH is 2. The molecule has 4 N–H and O–H groups in total. The number of hydrogen-bond donors (Lipinski definition) is 3. The van der Waals surface area contributed by atoms with Crippen molar-refractivity contribution in [3.05, 3.63) is 35.4 Å². The van der Waals surface area contributed by atoms with Crippen LogP contribution in [0.25, 0.3) is 0 Å². The number of carbonyl (C=O) groups excluding carboxylic acids is 1. The van der Waals surface area contributed by atoms with Crippen molar-refractivity contribution in [1.82, 2.24) is 0 Å². The third-order valence-corrected chi connectivity index (χ3v) is 1.97. The highest BCUT2D eigenvalue weighted by atomic mass is 16.3. The lowest BCUT2D eigenvalue weighted by molar-refractivity contribution is -0.131. The van der Waals surface area contributed by atoms with Gasteiger partial charge >= 0.3 is 0 Å². The summed E-state index contributed by atoms with van der Waals surface area (Å²) in [5.41, 5.74) is 5.59. The maximum Gasteiger partial charge on any atom is 0.249 e. The topological polar surface area (TPSA) is 107 Å². The third kappa shape index (κ3) is 2.53. The van der Waals surface area contributed by atoms with E-state index < -0.39 is 18.1 Å². The van der Waals surface area contributed by atoms with Gasteiger partial charge in [0, 0.05) is 0 Å². The number of nitrogens with zero attached hydrogens (tertiary/aromatic N) is 1. The summed E-state index contributed by atoms with van der Waals surface area (Å²) in [6.07, 6.45) is -3.01. The number of hydrogen-bond acceptors (Lipinski definition) is 4. The van der Waals surface area contributed by atoms with Crippen molar-refractivity contribution >= 4 is 5.91 Å². The SMILES string of the molecule is N#Cc1ccc(C(O)C(O)C(N)=O)cc1. The summed E-state index contributed by atoms with van der Waals surface area (Å²) in [6.45, 7) is 0. The molecule has 0 aliphatic heterocycles. The molecule has 0 aliphatic rings. The van der Waals surface area contributed by atoms with Crippen LogP contribution in [0.5, 0.6) is 0 Å². The average Bonchev–Trinajstić information content (AvgIpc) is 2.27. The van der Waals surface area contributed by atoms with Gasteiger partial charge in [0.15, 0.2) is 6.10 Å². The molecule has 5 heteroatoms. The van der Waals surface area contributed by atoms with Gasteiger partial charge in [-0.3, -0.25) is 4.79 Å². The molecule has 78 valence electrons. The first-order valence-electron chi connectivity index (χ1n) is 4.21. The number of rotatable bonds is 3. The van der Waals surface area contributed by atoms with Gasteiger partial charge in [-0.25, -0.2) is 0 Å². The van der Waals surface area contributed by atoms with E-state index in [1.807, 2.05) is 6.07 Å². The second-order valence-electron chi connectivity index (χ2n) is 3.03. The number of carbonyl (C=O) groups is 1. The molecule has 0 heterocycles. The molecule has 15 heavy (non-hydrogen) atoms. The van der Waals surface area contributed by atoms with E-state index in [2.05, 4.69) is 0 Å². The maximum absolute atomic E-state index is 10.6. The number of aliphatic hydroxyl groups is 2. The molecule has 1 aromatic rings. The van der Waals surface area contributed by atoms with Crippen molar-refractivity contribution < 1.29 is 15.0 Å². The highest BCUT2D eigenvalue weighted by Gasteiger charge is 2.22. The van der Waals surface area contributed by atoms with Crippen LogP contribution in [0.2, 0.25) is 0 Å². The second kappa shape index (κ2) is 4.55. The molecule has 2 unspecified atom stereocenters. The normalized spacial score (nSPS) is 13.9. The molecule has 5 nitrogen and oxygen atoms in total. The number of nitrogens with two attached hydrogens (primary N) is 1.